The molecule has 1 aromatic heterocycles. The number of fused-ring (bicyclic) bond motifs is 1. The Labute approximate surface area is 151 Å². The van der Waals surface area contributed by atoms with E-state index < -0.39 is 0 Å². The third-order valence-electron chi connectivity index (χ3n) is 4.95. The third-order valence-corrected chi connectivity index (χ3v) is 4.95. The van der Waals surface area contributed by atoms with Crippen molar-refractivity contribution in [2.24, 2.45) is 0 Å². The summed E-state index contributed by atoms with van der Waals surface area (Å²) in [6.45, 7) is 3.24. The summed E-state index contributed by atoms with van der Waals surface area (Å²) in [5.41, 5.74) is 2.15. The molecule has 1 amide bonds. The van der Waals surface area contributed by atoms with Gasteiger partial charge in [-0.05, 0) is 49.6 Å². The van der Waals surface area contributed by atoms with Crippen molar-refractivity contribution < 1.29 is 18.7 Å². The van der Waals surface area contributed by atoms with Crippen LogP contribution in [-0.2, 0) is 11.2 Å². The Kier molecular flexibility index (Phi) is 4.59. The largest absolute Gasteiger partial charge is 0.472 e. The topological polar surface area (TPSA) is 51.7 Å². The molecular formula is C20H21FN2O3. The summed E-state index contributed by atoms with van der Waals surface area (Å²) in [6, 6.07) is 8.00. The van der Waals surface area contributed by atoms with E-state index in [9.17, 15) is 9.18 Å². The van der Waals surface area contributed by atoms with Crippen LogP contribution in [0.5, 0.6) is 5.88 Å². The molecule has 0 radical (unpaired) electrons. The Bertz CT molecular complexity index is 820. The van der Waals surface area contributed by atoms with Crippen LogP contribution < -0.4 is 9.64 Å². The van der Waals surface area contributed by atoms with E-state index in [1.807, 2.05) is 6.92 Å². The molecule has 3 heterocycles. The van der Waals surface area contributed by atoms with Crippen molar-refractivity contribution in [3.05, 3.63) is 53.5 Å². The average molecular weight is 356 g/mol. The number of halogens is 1. The maximum absolute atomic E-state index is 13.6. The SMILES string of the molecule is CC1CCc2cc(F)ccc2N1C(=O)c1ccnc(OC2CCOC2)c1. The minimum Gasteiger partial charge on any atom is -0.472 e. The Morgan fingerprint density at radius 1 is 1.31 bits per heavy atom. The molecule has 0 spiro atoms. The molecule has 1 fully saturated rings. The van der Waals surface area contributed by atoms with Crippen molar-refractivity contribution in [1.29, 1.82) is 0 Å². The van der Waals surface area contributed by atoms with Gasteiger partial charge >= 0.3 is 0 Å². The van der Waals surface area contributed by atoms with E-state index in [-0.39, 0.29) is 23.9 Å². The highest BCUT2D eigenvalue weighted by Crippen LogP contribution is 2.32. The van der Waals surface area contributed by atoms with Crippen LogP contribution in [0.3, 0.4) is 0 Å². The summed E-state index contributed by atoms with van der Waals surface area (Å²) in [6.07, 6.45) is 3.95. The molecule has 0 aliphatic carbocycles. The fourth-order valence-electron chi connectivity index (χ4n) is 3.55. The molecule has 2 aromatic rings. The fourth-order valence-corrected chi connectivity index (χ4v) is 3.55. The highest BCUT2D eigenvalue weighted by Gasteiger charge is 2.29. The highest BCUT2D eigenvalue weighted by molar-refractivity contribution is 6.07. The van der Waals surface area contributed by atoms with Gasteiger partial charge in [0.05, 0.1) is 13.2 Å². The molecule has 1 aromatic carbocycles. The zero-order valence-electron chi connectivity index (χ0n) is 14.7. The van der Waals surface area contributed by atoms with Crippen LogP contribution in [0.2, 0.25) is 0 Å². The molecule has 2 aliphatic rings. The molecule has 2 unspecified atom stereocenters. The molecule has 26 heavy (non-hydrogen) atoms. The molecule has 136 valence electrons. The number of pyridine rings is 1. The van der Waals surface area contributed by atoms with Crippen molar-refractivity contribution in [3.63, 3.8) is 0 Å². The van der Waals surface area contributed by atoms with Gasteiger partial charge in [-0.1, -0.05) is 0 Å². The van der Waals surface area contributed by atoms with Gasteiger partial charge in [0, 0.05) is 36.0 Å². The number of aryl methyl sites for hydroxylation is 1. The second kappa shape index (κ2) is 7.03. The van der Waals surface area contributed by atoms with Gasteiger partial charge in [0.2, 0.25) is 5.88 Å². The van der Waals surface area contributed by atoms with Crippen LogP contribution in [-0.4, -0.2) is 36.3 Å². The first-order chi connectivity index (χ1) is 12.6. The number of carbonyl (C=O) groups excluding carboxylic acids is 1. The quantitative estimate of drug-likeness (QED) is 0.846. The van der Waals surface area contributed by atoms with E-state index in [1.54, 1.807) is 29.3 Å². The molecular weight excluding hydrogens is 335 g/mol. The van der Waals surface area contributed by atoms with Crippen molar-refractivity contribution in [2.75, 3.05) is 18.1 Å². The van der Waals surface area contributed by atoms with Gasteiger partial charge < -0.3 is 14.4 Å². The minimum atomic E-state index is -0.274. The molecule has 5 nitrogen and oxygen atoms in total. The smallest absolute Gasteiger partial charge is 0.258 e. The lowest BCUT2D eigenvalue weighted by molar-refractivity contribution is 0.0973. The first-order valence-corrected chi connectivity index (χ1v) is 8.94. The minimum absolute atomic E-state index is 0.0227. The Morgan fingerprint density at radius 2 is 2.19 bits per heavy atom. The number of benzene rings is 1. The second-order valence-corrected chi connectivity index (χ2v) is 6.82. The number of ether oxygens (including phenoxy) is 2. The van der Waals surface area contributed by atoms with Gasteiger partial charge in [0.15, 0.2) is 0 Å². The monoisotopic (exact) mass is 356 g/mol. The number of hydrogen-bond acceptors (Lipinski definition) is 4. The molecule has 0 N–H and O–H groups in total. The highest BCUT2D eigenvalue weighted by atomic mass is 19.1. The Morgan fingerprint density at radius 3 is 3.00 bits per heavy atom. The summed E-state index contributed by atoms with van der Waals surface area (Å²) in [5.74, 6) is 0.0272. The van der Waals surface area contributed by atoms with Crippen molar-refractivity contribution in [1.82, 2.24) is 4.98 Å². The van der Waals surface area contributed by atoms with Gasteiger partial charge in [-0.3, -0.25) is 4.79 Å². The maximum atomic E-state index is 13.6. The van der Waals surface area contributed by atoms with Crippen molar-refractivity contribution in [2.45, 2.75) is 38.3 Å². The van der Waals surface area contributed by atoms with E-state index in [4.69, 9.17) is 9.47 Å². The van der Waals surface area contributed by atoms with Gasteiger partial charge in [0.25, 0.3) is 5.91 Å². The standard InChI is InChI=1S/C20H21FN2O3/c1-13-2-3-14-10-16(21)4-5-18(14)23(13)20(24)15-6-8-22-19(11-15)26-17-7-9-25-12-17/h4-6,8,10-11,13,17H,2-3,7,9,12H2,1H3. The van der Waals surface area contributed by atoms with E-state index in [1.165, 1.54) is 12.1 Å². The van der Waals surface area contributed by atoms with Crippen molar-refractivity contribution in [3.8, 4) is 5.88 Å². The summed E-state index contributed by atoms with van der Waals surface area (Å²) < 4.78 is 24.7. The molecule has 6 heteroatoms. The van der Waals surface area contributed by atoms with Crippen LogP contribution in [0, 0.1) is 5.82 Å². The summed E-state index contributed by atoms with van der Waals surface area (Å²) in [7, 11) is 0. The lowest BCUT2D eigenvalue weighted by Crippen LogP contribution is -2.42. The Balaban J connectivity index is 1.61. The number of aromatic nitrogens is 1. The van der Waals surface area contributed by atoms with Gasteiger partial charge in [-0.25, -0.2) is 9.37 Å². The number of hydrogen-bond donors (Lipinski definition) is 0. The number of rotatable bonds is 3. The van der Waals surface area contributed by atoms with Gasteiger partial charge in [-0.2, -0.15) is 0 Å². The van der Waals surface area contributed by atoms with Crippen molar-refractivity contribution >= 4 is 11.6 Å². The third kappa shape index (κ3) is 3.29. The number of carbonyl (C=O) groups is 1. The van der Waals surface area contributed by atoms with E-state index >= 15 is 0 Å². The summed E-state index contributed by atoms with van der Waals surface area (Å²) in [5, 5.41) is 0. The Hall–Kier alpha value is -2.47. The predicted molar refractivity (Wildman–Crippen MR) is 95.1 cm³/mol. The fraction of sp³-hybridized carbons (Fsp3) is 0.400. The normalized spacial score (nSPS) is 22.2. The zero-order chi connectivity index (χ0) is 18.1. The van der Waals surface area contributed by atoms with Gasteiger partial charge in [0.1, 0.15) is 11.9 Å². The molecule has 2 atom stereocenters. The van der Waals surface area contributed by atoms with Crippen LogP contribution in [0.15, 0.2) is 36.5 Å². The first-order valence-electron chi connectivity index (χ1n) is 8.94. The first kappa shape index (κ1) is 17.0. The van der Waals surface area contributed by atoms with Crippen LogP contribution in [0.25, 0.3) is 0 Å². The predicted octanol–water partition coefficient (Wildman–Crippen LogP) is 3.37. The van der Waals surface area contributed by atoms with Crippen LogP contribution in [0.1, 0.15) is 35.7 Å². The number of nitrogens with zero attached hydrogens (tertiary/aromatic N) is 2. The summed E-state index contributed by atoms with van der Waals surface area (Å²) in [4.78, 5) is 19.1. The lowest BCUT2D eigenvalue weighted by atomic mass is 9.95. The second-order valence-electron chi connectivity index (χ2n) is 6.82. The molecule has 4 rings (SSSR count). The van der Waals surface area contributed by atoms with Crippen LogP contribution in [0.4, 0.5) is 10.1 Å². The number of anilines is 1. The zero-order valence-corrected chi connectivity index (χ0v) is 14.7. The maximum Gasteiger partial charge on any atom is 0.258 e. The van der Waals surface area contributed by atoms with Crippen LogP contribution >= 0.6 is 0 Å². The van der Waals surface area contributed by atoms with Gasteiger partial charge in [-0.15, -0.1) is 0 Å². The summed E-state index contributed by atoms with van der Waals surface area (Å²) >= 11 is 0. The number of amides is 1. The van der Waals surface area contributed by atoms with E-state index in [0.29, 0.717) is 24.7 Å². The van der Waals surface area contributed by atoms with E-state index in [0.717, 1.165) is 30.5 Å². The molecule has 0 bridgehead atoms. The molecule has 1 saturated heterocycles. The van der Waals surface area contributed by atoms with E-state index in [2.05, 4.69) is 4.98 Å². The molecule has 2 aliphatic heterocycles. The lowest BCUT2D eigenvalue weighted by Gasteiger charge is -2.35. The average Bonchev–Trinajstić information content (AvgIpc) is 3.14. The molecule has 0 saturated carbocycles.